The van der Waals surface area contributed by atoms with Gasteiger partial charge in [-0.3, -0.25) is 10.1 Å². The quantitative estimate of drug-likeness (QED) is 0.494. The molecule has 1 N–H and O–H groups in total. The van der Waals surface area contributed by atoms with E-state index < -0.39 is 14.9 Å². The molecule has 124 valence electrons. The maximum atomic E-state index is 12.0. The fraction of sp³-hybridized carbons (Fsp3) is 0.0625. The highest BCUT2D eigenvalue weighted by atomic mass is 32.2. The molecule has 0 amide bonds. The summed E-state index contributed by atoms with van der Waals surface area (Å²) in [4.78, 5) is 12.6. The van der Waals surface area contributed by atoms with E-state index in [0.717, 1.165) is 5.56 Å². The molecule has 8 heteroatoms. The second-order valence-electron chi connectivity index (χ2n) is 4.86. The first-order valence-corrected chi connectivity index (χ1v) is 8.40. The minimum Gasteiger partial charge on any atom is -0.258 e. The van der Waals surface area contributed by atoms with E-state index >= 15 is 0 Å². The molecule has 7 nitrogen and oxygen atoms in total. The van der Waals surface area contributed by atoms with Crippen LogP contribution in [0.5, 0.6) is 0 Å². The van der Waals surface area contributed by atoms with Crippen LogP contribution in [0, 0.1) is 17.0 Å². The van der Waals surface area contributed by atoms with Gasteiger partial charge in [0.25, 0.3) is 15.7 Å². The Morgan fingerprint density at radius 3 is 2.46 bits per heavy atom. The molecule has 0 unspecified atom stereocenters. The Bertz CT molecular complexity index is 888. The molecule has 0 radical (unpaired) electrons. The topological polar surface area (TPSA) is 102 Å². The minimum absolute atomic E-state index is 0.0395. The molecule has 2 aromatic carbocycles. The number of hydrogen-bond acceptors (Lipinski definition) is 5. The lowest BCUT2D eigenvalue weighted by Crippen LogP contribution is -2.17. The number of rotatable bonds is 6. The number of nitrogens with one attached hydrogen (secondary N) is 1. The number of benzene rings is 2. The highest BCUT2D eigenvalue weighted by Crippen LogP contribution is 2.18. The van der Waals surface area contributed by atoms with Gasteiger partial charge in [-0.15, -0.1) is 0 Å². The second kappa shape index (κ2) is 7.51. The fourth-order valence-electron chi connectivity index (χ4n) is 1.85. The number of nitro groups is 1. The van der Waals surface area contributed by atoms with E-state index in [0.29, 0.717) is 5.56 Å². The van der Waals surface area contributed by atoms with Gasteiger partial charge in [-0.05, 0) is 37.3 Å². The molecule has 0 fully saturated rings. The van der Waals surface area contributed by atoms with Crippen LogP contribution in [0.3, 0.4) is 0 Å². The Balaban J connectivity index is 2.05. The van der Waals surface area contributed by atoms with Gasteiger partial charge in [0.1, 0.15) is 0 Å². The van der Waals surface area contributed by atoms with Crippen molar-refractivity contribution in [1.29, 1.82) is 0 Å². The van der Waals surface area contributed by atoms with Gasteiger partial charge in [-0.1, -0.05) is 29.8 Å². The predicted molar refractivity (Wildman–Crippen MR) is 92.1 cm³/mol. The first kappa shape index (κ1) is 17.4. The normalized spacial score (nSPS) is 11.9. The van der Waals surface area contributed by atoms with E-state index in [1.165, 1.54) is 36.6 Å². The third-order valence-corrected chi connectivity index (χ3v) is 4.31. The molecule has 24 heavy (non-hydrogen) atoms. The monoisotopic (exact) mass is 345 g/mol. The number of hydrogen-bond donors (Lipinski definition) is 1. The van der Waals surface area contributed by atoms with Crippen LogP contribution in [-0.2, 0) is 10.0 Å². The molecule has 0 saturated heterocycles. The summed E-state index contributed by atoms with van der Waals surface area (Å²) >= 11 is 0. The van der Waals surface area contributed by atoms with Gasteiger partial charge in [0, 0.05) is 12.3 Å². The molecular weight excluding hydrogens is 330 g/mol. The van der Waals surface area contributed by atoms with Crippen LogP contribution >= 0.6 is 0 Å². The molecule has 0 atom stereocenters. The molecule has 0 saturated carbocycles. The Kier molecular flexibility index (Phi) is 5.43. The zero-order valence-electron chi connectivity index (χ0n) is 12.8. The largest absolute Gasteiger partial charge is 0.276 e. The summed E-state index contributed by atoms with van der Waals surface area (Å²) in [7, 11) is -3.73. The number of aryl methyl sites for hydroxylation is 1. The number of allylic oxidation sites excluding steroid dienone is 1. The molecule has 0 spiro atoms. The lowest BCUT2D eigenvalue weighted by molar-refractivity contribution is -0.385. The summed E-state index contributed by atoms with van der Waals surface area (Å²) in [6.07, 6.45) is 4.10. The Morgan fingerprint density at radius 2 is 1.79 bits per heavy atom. The summed E-state index contributed by atoms with van der Waals surface area (Å²) in [5, 5.41) is 14.5. The van der Waals surface area contributed by atoms with Crippen molar-refractivity contribution >= 4 is 28.0 Å². The maximum absolute atomic E-state index is 12.0. The van der Waals surface area contributed by atoms with Crippen LogP contribution in [0.25, 0.3) is 6.08 Å². The van der Waals surface area contributed by atoms with Crippen LogP contribution in [-0.4, -0.2) is 19.6 Å². The van der Waals surface area contributed by atoms with Gasteiger partial charge in [0.15, 0.2) is 0 Å². The van der Waals surface area contributed by atoms with Gasteiger partial charge in [0.2, 0.25) is 0 Å². The van der Waals surface area contributed by atoms with Crippen molar-refractivity contribution in [3.63, 3.8) is 0 Å². The Morgan fingerprint density at radius 1 is 1.12 bits per heavy atom. The molecular formula is C16H15N3O4S. The van der Waals surface area contributed by atoms with Gasteiger partial charge < -0.3 is 0 Å². The average molecular weight is 345 g/mol. The number of nitrogens with zero attached hydrogens (tertiary/aromatic N) is 2. The Labute approximate surface area is 139 Å². The van der Waals surface area contributed by atoms with Crippen molar-refractivity contribution in [2.45, 2.75) is 11.8 Å². The third kappa shape index (κ3) is 4.50. The lowest BCUT2D eigenvalue weighted by atomic mass is 10.2. The smallest absolute Gasteiger partial charge is 0.258 e. The van der Waals surface area contributed by atoms with Crippen molar-refractivity contribution in [2.24, 2.45) is 5.10 Å². The summed E-state index contributed by atoms with van der Waals surface area (Å²) < 4.78 is 24.0. The average Bonchev–Trinajstić information content (AvgIpc) is 2.55. The van der Waals surface area contributed by atoms with Crippen molar-refractivity contribution in [1.82, 2.24) is 4.83 Å². The summed E-state index contributed by atoms with van der Waals surface area (Å²) in [6, 6.07) is 12.5. The fourth-order valence-corrected chi connectivity index (χ4v) is 2.65. The SMILES string of the molecule is Cc1ccc(S(=O)(=O)N/N=C/C=C/c2ccccc2[N+](=O)[O-])cc1. The van der Waals surface area contributed by atoms with Crippen molar-refractivity contribution < 1.29 is 13.3 Å². The number of sulfonamides is 1. The molecule has 0 bridgehead atoms. The summed E-state index contributed by atoms with van der Waals surface area (Å²) in [5.41, 5.74) is 1.31. The maximum Gasteiger partial charge on any atom is 0.276 e. The molecule has 2 aromatic rings. The molecule has 2 rings (SSSR count). The number of para-hydroxylation sites is 1. The van der Waals surface area contributed by atoms with E-state index in [9.17, 15) is 18.5 Å². The molecule has 0 heterocycles. The zero-order valence-corrected chi connectivity index (χ0v) is 13.6. The zero-order chi connectivity index (χ0) is 17.6. The summed E-state index contributed by atoms with van der Waals surface area (Å²) in [5.74, 6) is 0. The number of nitro benzene ring substituents is 1. The van der Waals surface area contributed by atoms with Gasteiger partial charge in [-0.2, -0.15) is 13.5 Å². The number of hydrazone groups is 1. The highest BCUT2D eigenvalue weighted by molar-refractivity contribution is 7.89. The van der Waals surface area contributed by atoms with E-state index in [1.54, 1.807) is 30.3 Å². The van der Waals surface area contributed by atoms with Gasteiger partial charge >= 0.3 is 0 Å². The van der Waals surface area contributed by atoms with E-state index in [2.05, 4.69) is 9.93 Å². The van der Waals surface area contributed by atoms with Crippen LogP contribution in [0.15, 0.2) is 64.6 Å². The van der Waals surface area contributed by atoms with E-state index in [4.69, 9.17) is 0 Å². The molecule has 0 aromatic heterocycles. The van der Waals surface area contributed by atoms with Crippen LogP contribution in [0.1, 0.15) is 11.1 Å². The van der Waals surface area contributed by atoms with Gasteiger partial charge in [0.05, 0.1) is 15.4 Å². The van der Waals surface area contributed by atoms with Crippen LogP contribution < -0.4 is 4.83 Å². The first-order valence-electron chi connectivity index (χ1n) is 6.92. The van der Waals surface area contributed by atoms with Crippen LogP contribution in [0.2, 0.25) is 0 Å². The first-order chi connectivity index (χ1) is 11.4. The predicted octanol–water partition coefficient (Wildman–Crippen LogP) is 2.88. The van der Waals surface area contributed by atoms with Crippen LogP contribution in [0.4, 0.5) is 5.69 Å². The minimum atomic E-state index is -3.73. The van der Waals surface area contributed by atoms with Gasteiger partial charge in [-0.25, -0.2) is 4.83 Å². The highest BCUT2D eigenvalue weighted by Gasteiger charge is 2.11. The molecule has 0 aliphatic carbocycles. The van der Waals surface area contributed by atoms with E-state index in [1.807, 2.05) is 6.92 Å². The van der Waals surface area contributed by atoms with E-state index in [-0.39, 0.29) is 10.6 Å². The van der Waals surface area contributed by atoms with Crippen molar-refractivity contribution in [3.8, 4) is 0 Å². The Hall–Kier alpha value is -3.00. The van der Waals surface area contributed by atoms with Crippen molar-refractivity contribution in [3.05, 3.63) is 75.8 Å². The molecule has 0 aliphatic heterocycles. The summed E-state index contributed by atoms with van der Waals surface area (Å²) in [6.45, 7) is 1.86. The second-order valence-corrected chi connectivity index (χ2v) is 6.52. The lowest BCUT2D eigenvalue weighted by Gasteiger charge is -2.02. The molecule has 0 aliphatic rings. The third-order valence-electron chi connectivity index (χ3n) is 3.07. The standard InChI is InChI=1S/C16H15N3O4S/c1-13-8-10-15(11-9-13)24(22,23)18-17-12-4-6-14-5-2-3-7-16(14)19(20)21/h2-12,18H,1H3/b6-4+,17-12+. The van der Waals surface area contributed by atoms with Crippen molar-refractivity contribution in [2.75, 3.05) is 0 Å².